The molecular formula is C22H16N2O6S2. The van der Waals surface area contributed by atoms with Gasteiger partial charge in [0.2, 0.25) is 0 Å². The van der Waals surface area contributed by atoms with Crippen LogP contribution in [0.4, 0.5) is 0 Å². The first kappa shape index (κ1) is 22.8. The molecular weight excluding hydrogens is 452 g/mol. The molecule has 0 saturated heterocycles. The molecule has 0 N–H and O–H groups in total. The van der Waals surface area contributed by atoms with Gasteiger partial charge in [-0.2, -0.15) is 27.4 Å². The highest BCUT2D eigenvalue weighted by Crippen LogP contribution is 2.33. The summed E-state index contributed by atoms with van der Waals surface area (Å²) in [5.74, 6) is -0.852. The van der Waals surface area contributed by atoms with E-state index in [1.54, 1.807) is 50.3 Å². The van der Waals surface area contributed by atoms with Crippen LogP contribution < -0.4 is 8.37 Å². The van der Waals surface area contributed by atoms with Crippen molar-refractivity contribution in [2.45, 2.75) is 23.6 Å². The standard InChI is InChI=1S/C22H16N2O6S2/c1-15-3-7-17(8-4-15)31(25,26)29-21-11-12-22(20(14-24)19(21)13-23)30-32(27,28)18-9-5-16(2)6-10-18/h3-12H,1-2H3. The summed E-state index contributed by atoms with van der Waals surface area (Å²) in [5, 5.41) is 19.0. The van der Waals surface area contributed by atoms with E-state index >= 15 is 0 Å². The Morgan fingerprint density at radius 3 is 1.19 bits per heavy atom. The fourth-order valence-corrected chi connectivity index (χ4v) is 4.55. The van der Waals surface area contributed by atoms with Crippen LogP contribution in [0.2, 0.25) is 0 Å². The normalized spacial score (nSPS) is 11.2. The van der Waals surface area contributed by atoms with Crippen molar-refractivity contribution in [3.63, 3.8) is 0 Å². The number of benzene rings is 3. The summed E-state index contributed by atoms with van der Waals surface area (Å²) in [4.78, 5) is -0.291. The summed E-state index contributed by atoms with van der Waals surface area (Å²) in [6.07, 6.45) is 0. The summed E-state index contributed by atoms with van der Waals surface area (Å²) in [6, 6.07) is 17.2. The molecule has 3 aromatic rings. The molecule has 0 spiro atoms. The Labute approximate surface area is 186 Å². The van der Waals surface area contributed by atoms with E-state index in [4.69, 9.17) is 8.37 Å². The van der Waals surface area contributed by atoms with E-state index in [-0.39, 0.29) is 9.79 Å². The van der Waals surface area contributed by atoms with Crippen LogP contribution in [0.3, 0.4) is 0 Å². The molecule has 0 radical (unpaired) electrons. The van der Waals surface area contributed by atoms with Crippen LogP contribution in [0, 0.1) is 36.5 Å². The molecule has 0 unspecified atom stereocenters. The summed E-state index contributed by atoms with van der Waals surface area (Å²) in [5.41, 5.74) is 0.731. The van der Waals surface area contributed by atoms with Crippen molar-refractivity contribution < 1.29 is 25.2 Å². The van der Waals surface area contributed by atoms with E-state index in [0.29, 0.717) is 0 Å². The van der Waals surface area contributed by atoms with Crippen molar-refractivity contribution in [3.8, 4) is 23.6 Å². The van der Waals surface area contributed by atoms with Crippen molar-refractivity contribution in [2.24, 2.45) is 0 Å². The first-order valence-electron chi connectivity index (χ1n) is 9.07. The second kappa shape index (κ2) is 8.71. The lowest BCUT2D eigenvalue weighted by atomic mass is 10.1. The van der Waals surface area contributed by atoms with Crippen LogP contribution in [-0.4, -0.2) is 16.8 Å². The zero-order chi connectivity index (χ0) is 23.5. The monoisotopic (exact) mass is 468 g/mol. The highest BCUT2D eigenvalue weighted by Gasteiger charge is 2.25. The molecule has 0 fully saturated rings. The minimum absolute atomic E-state index is 0.146. The SMILES string of the molecule is Cc1ccc(S(=O)(=O)Oc2ccc(OS(=O)(=O)c3ccc(C)cc3)c(C#N)c2C#N)cc1. The molecule has 0 heterocycles. The Balaban J connectivity index is 2.00. The number of nitrogens with zero attached hydrogens (tertiary/aromatic N) is 2. The van der Waals surface area contributed by atoms with Gasteiger partial charge in [-0.25, -0.2) is 0 Å². The van der Waals surface area contributed by atoms with Gasteiger partial charge in [0.15, 0.2) is 11.5 Å². The molecule has 3 aromatic carbocycles. The van der Waals surface area contributed by atoms with Gasteiger partial charge in [-0.05, 0) is 50.2 Å². The number of aryl methyl sites for hydroxylation is 2. The maximum Gasteiger partial charge on any atom is 0.339 e. The Morgan fingerprint density at radius 2 is 0.906 bits per heavy atom. The van der Waals surface area contributed by atoms with Gasteiger partial charge in [0.05, 0.1) is 0 Å². The lowest BCUT2D eigenvalue weighted by Gasteiger charge is -2.13. The predicted octanol–water partition coefficient (Wildman–Crippen LogP) is 3.58. The van der Waals surface area contributed by atoms with Crippen molar-refractivity contribution in [1.29, 1.82) is 10.5 Å². The second-order valence-electron chi connectivity index (χ2n) is 6.74. The summed E-state index contributed by atoms with van der Waals surface area (Å²) >= 11 is 0. The third-order valence-electron chi connectivity index (χ3n) is 4.37. The van der Waals surface area contributed by atoms with Crippen LogP contribution in [0.5, 0.6) is 11.5 Å². The summed E-state index contributed by atoms with van der Waals surface area (Å²) in [6.45, 7) is 3.57. The molecule has 3 rings (SSSR count). The first-order valence-corrected chi connectivity index (χ1v) is 11.9. The largest absolute Gasteiger partial charge is 0.377 e. The average Bonchev–Trinajstić information content (AvgIpc) is 2.74. The Kier molecular flexibility index (Phi) is 6.21. The van der Waals surface area contributed by atoms with Crippen molar-refractivity contribution >= 4 is 20.2 Å². The number of hydrogen-bond acceptors (Lipinski definition) is 8. The zero-order valence-electron chi connectivity index (χ0n) is 16.9. The van der Waals surface area contributed by atoms with Crippen molar-refractivity contribution in [2.75, 3.05) is 0 Å². The van der Waals surface area contributed by atoms with Gasteiger partial charge in [-0.15, -0.1) is 0 Å². The van der Waals surface area contributed by atoms with Crippen LogP contribution in [-0.2, 0) is 20.2 Å². The van der Waals surface area contributed by atoms with Gasteiger partial charge < -0.3 is 8.37 Å². The molecule has 10 heteroatoms. The lowest BCUT2D eigenvalue weighted by molar-refractivity contribution is 0.476. The Bertz CT molecular complexity index is 1350. The molecule has 0 aromatic heterocycles. The van der Waals surface area contributed by atoms with E-state index < -0.39 is 42.9 Å². The smallest absolute Gasteiger partial charge is 0.339 e. The predicted molar refractivity (Wildman–Crippen MR) is 114 cm³/mol. The molecule has 0 aliphatic carbocycles. The number of rotatable bonds is 6. The molecule has 0 bridgehead atoms. The number of nitriles is 2. The first-order chi connectivity index (χ1) is 15.1. The molecule has 162 valence electrons. The third kappa shape index (κ3) is 4.72. The number of hydrogen-bond donors (Lipinski definition) is 0. The molecule has 32 heavy (non-hydrogen) atoms. The van der Waals surface area contributed by atoms with Gasteiger partial charge in [-0.3, -0.25) is 0 Å². The van der Waals surface area contributed by atoms with Gasteiger partial charge >= 0.3 is 20.2 Å². The van der Waals surface area contributed by atoms with E-state index in [2.05, 4.69) is 0 Å². The Hall–Kier alpha value is -3.86. The van der Waals surface area contributed by atoms with E-state index in [9.17, 15) is 27.4 Å². The van der Waals surface area contributed by atoms with Crippen LogP contribution >= 0.6 is 0 Å². The average molecular weight is 469 g/mol. The van der Waals surface area contributed by atoms with Crippen molar-refractivity contribution in [3.05, 3.63) is 82.9 Å². The Morgan fingerprint density at radius 1 is 0.594 bits per heavy atom. The molecule has 0 aliphatic heterocycles. The molecule has 8 nitrogen and oxygen atoms in total. The molecule has 0 saturated carbocycles. The van der Waals surface area contributed by atoms with E-state index in [1.165, 1.54) is 24.3 Å². The van der Waals surface area contributed by atoms with Crippen molar-refractivity contribution in [1.82, 2.24) is 0 Å². The second-order valence-corrected chi connectivity index (χ2v) is 9.83. The molecule has 0 aliphatic rings. The highest BCUT2D eigenvalue weighted by atomic mass is 32.2. The highest BCUT2D eigenvalue weighted by molar-refractivity contribution is 7.87. The zero-order valence-corrected chi connectivity index (χ0v) is 18.6. The topological polar surface area (TPSA) is 134 Å². The van der Waals surface area contributed by atoms with Crippen LogP contribution in [0.25, 0.3) is 0 Å². The van der Waals surface area contributed by atoms with Gasteiger partial charge in [0.25, 0.3) is 0 Å². The van der Waals surface area contributed by atoms with E-state index in [0.717, 1.165) is 23.3 Å². The maximum absolute atomic E-state index is 12.6. The van der Waals surface area contributed by atoms with Crippen LogP contribution in [0.1, 0.15) is 22.3 Å². The molecule has 0 atom stereocenters. The van der Waals surface area contributed by atoms with Crippen LogP contribution in [0.15, 0.2) is 70.5 Å². The summed E-state index contributed by atoms with van der Waals surface area (Å²) in [7, 11) is -8.60. The fourth-order valence-electron chi connectivity index (χ4n) is 2.67. The van der Waals surface area contributed by atoms with Gasteiger partial charge in [-0.1, -0.05) is 35.4 Å². The van der Waals surface area contributed by atoms with E-state index in [1.807, 2.05) is 0 Å². The fraction of sp³-hybridized carbons (Fsp3) is 0.0909. The summed E-state index contributed by atoms with van der Waals surface area (Å²) < 4.78 is 60.4. The minimum Gasteiger partial charge on any atom is -0.377 e. The van der Waals surface area contributed by atoms with Gasteiger partial charge in [0, 0.05) is 0 Å². The maximum atomic E-state index is 12.6. The minimum atomic E-state index is -4.30. The lowest BCUT2D eigenvalue weighted by Crippen LogP contribution is -2.13. The third-order valence-corrected chi connectivity index (χ3v) is 6.87. The quantitative estimate of drug-likeness (QED) is 0.501. The van der Waals surface area contributed by atoms with Gasteiger partial charge in [0.1, 0.15) is 33.1 Å². The molecule has 0 amide bonds.